The molecule has 1 aromatic heterocycles. The van der Waals surface area contributed by atoms with Crippen molar-refractivity contribution in [2.75, 3.05) is 12.8 Å². The average Bonchev–Trinajstić information content (AvgIpc) is 2.54. The van der Waals surface area contributed by atoms with E-state index in [-0.39, 0.29) is 0 Å². The Balaban J connectivity index is 2.36. The number of aromatic nitrogens is 2. The van der Waals surface area contributed by atoms with Gasteiger partial charge in [-0.1, -0.05) is 11.1 Å². The summed E-state index contributed by atoms with van der Waals surface area (Å²) in [5.41, 5.74) is 0. The highest BCUT2D eigenvalue weighted by Gasteiger charge is 2.03. The smallest absolute Gasteiger partial charge is 0.240 e. The van der Waals surface area contributed by atoms with Crippen LogP contribution in [0.3, 0.4) is 0 Å². The van der Waals surface area contributed by atoms with Gasteiger partial charge in [-0.15, -0.1) is 6.42 Å². The lowest BCUT2D eigenvalue weighted by molar-refractivity contribution is 0.367. The first-order valence-electron chi connectivity index (χ1n) is 3.81. The zero-order chi connectivity index (χ0) is 9.52. The summed E-state index contributed by atoms with van der Waals surface area (Å²) in [5.74, 6) is 4.55. The van der Waals surface area contributed by atoms with E-state index >= 15 is 0 Å². The summed E-state index contributed by atoms with van der Waals surface area (Å²) < 4.78 is 4.96. The second-order valence-corrected chi connectivity index (χ2v) is 3.21. The molecule has 0 radical (unpaired) electrons. The van der Waals surface area contributed by atoms with E-state index in [1.54, 1.807) is 11.8 Å². The maximum atomic E-state index is 5.06. The van der Waals surface area contributed by atoms with Crippen molar-refractivity contribution in [3.8, 4) is 12.3 Å². The van der Waals surface area contributed by atoms with Crippen LogP contribution in [0.15, 0.2) is 4.52 Å². The lowest BCUT2D eigenvalue weighted by atomic mass is 10.6. The first-order chi connectivity index (χ1) is 6.36. The SMILES string of the molecule is C#CCNCc1nc(CSC)no1. The third-order valence-corrected chi connectivity index (χ3v) is 1.83. The average molecular weight is 197 g/mol. The van der Waals surface area contributed by atoms with Gasteiger partial charge in [-0.3, -0.25) is 5.32 Å². The van der Waals surface area contributed by atoms with E-state index in [2.05, 4.69) is 21.4 Å². The molecular weight excluding hydrogens is 186 g/mol. The first-order valence-corrected chi connectivity index (χ1v) is 5.20. The van der Waals surface area contributed by atoms with Crippen LogP contribution in [0.4, 0.5) is 0 Å². The molecule has 0 saturated carbocycles. The van der Waals surface area contributed by atoms with Crippen LogP contribution in [-0.2, 0) is 12.3 Å². The second kappa shape index (κ2) is 5.62. The Bertz CT molecular complexity index is 292. The standard InChI is InChI=1S/C8H11N3OS/c1-3-4-9-5-8-10-7(6-13-2)11-12-8/h1,9H,4-6H2,2H3. The Kier molecular flexibility index (Phi) is 4.36. The van der Waals surface area contributed by atoms with E-state index in [0.717, 1.165) is 11.6 Å². The number of hydrogen-bond donors (Lipinski definition) is 1. The molecule has 0 unspecified atom stereocenters. The summed E-state index contributed by atoms with van der Waals surface area (Å²) in [6.45, 7) is 1.05. The zero-order valence-electron chi connectivity index (χ0n) is 7.41. The van der Waals surface area contributed by atoms with Crippen molar-refractivity contribution in [2.45, 2.75) is 12.3 Å². The molecule has 0 aliphatic carbocycles. The molecule has 4 nitrogen and oxygen atoms in total. The fourth-order valence-electron chi connectivity index (χ4n) is 0.791. The molecule has 0 aliphatic rings. The summed E-state index contributed by atoms with van der Waals surface area (Å²) in [6.07, 6.45) is 7.06. The Morgan fingerprint density at radius 1 is 1.69 bits per heavy atom. The van der Waals surface area contributed by atoms with Crippen molar-refractivity contribution in [3.05, 3.63) is 11.7 Å². The van der Waals surface area contributed by atoms with Gasteiger partial charge in [0.25, 0.3) is 0 Å². The van der Waals surface area contributed by atoms with E-state index in [9.17, 15) is 0 Å². The van der Waals surface area contributed by atoms with Gasteiger partial charge in [0.1, 0.15) is 0 Å². The van der Waals surface area contributed by atoms with Gasteiger partial charge in [0.05, 0.1) is 18.8 Å². The first kappa shape index (κ1) is 10.1. The van der Waals surface area contributed by atoms with Gasteiger partial charge in [0.2, 0.25) is 5.89 Å². The van der Waals surface area contributed by atoms with Crippen LogP contribution >= 0.6 is 11.8 Å². The van der Waals surface area contributed by atoms with Gasteiger partial charge in [-0.25, -0.2) is 0 Å². The molecule has 0 atom stereocenters. The second-order valence-electron chi connectivity index (χ2n) is 2.35. The van der Waals surface area contributed by atoms with E-state index < -0.39 is 0 Å². The molecule has 0 saturated heterocycles. The molecule has 0 bridgehead atoms. The van der Waals surface area contributed by atoms with Crippen LogP contribution < -0.4 is 5.32 Å². The monoisotopic (exact) mass is 197 g/mol. The Hall–Kier alpha value is -0.990. The molecule has 0 amide bonds. The number of hydrogen-bond acceptors (Lipinski definition) is 5. The van der Waals surface area contributed by atoms with Crippen LogP contribution in [0.2, 0.25) is 0 Å². The maximum absolute atomic E-state index is 5.06. The van der Waals surface area contributed by atoms with Crippen LogP contribution in [0, 0.1) is 12.3 Å². The molecule has 70 valence electrons. The largest absolute Gasteiger partial charge is 0.338 e. The zero-order valence-corrected chi connectivity index (χ0v) is 8.23. The molecule has 1 aromatic rings. The van der Waals surface area contributed by atoms with Gasteiger partial charge in [-0.2, -0.15) is 16.7 Å². The van der Waals surface area contributed by atoms with E-state index in [1.807, 2.05) is 6.26 Å². The summed E-state index contributed by atoms with van der Waals surface area (Å²) in [6, 6.07) is 0. The topological polar surface area (TPSA) is 51.0 Å². The van der Waals surface area contributed by atoms with E-state index in [1.165, 1.54) is 0 Å². The minimum atomic E-state index is 0.514. The number of nitrogens with zero attached hydrogens (tertiary/aromatic N) is 2. The highest BCUT2D eigenvalue weighted by molar-refractivity contribution is 7.97. The molecule has 0 spiro atoms. The molecule has 13 heavy (non-hydrogen) atoms. The highest BCUT2D eigenvalue weighted by atomic mass is 32.2. The van der Waals surface area contributed by atoms with Gasteiger partial charge in [-0.05, 0) is 6.26 Å². The van der Waals surface area contributed by atoms with Gasteiger partial charge in [0, 0.05) is 0 Å². The number of thioether (sulfide) groups is 1. The number of terminal acetylenes is 1. The van der Waals surface area contributed by atoms with Gasteiger partial charge >= 0.3 is 0 Å². The van der Waals surface area contributed by atoms with Crippen LogP contribution in [-0.4, -0.2) is 22.9 Å². The molecular formula is C8H11N3OS. The number of rotatable bonds is 5. The van der Waals surface area contributed by atoms with E-state index in [0.29, 0.717) is 19.0 Å². The van der Waals surface area contributed by atoms with Crippen molar-refractivity contribution < 1.29 is 4.52 Å². The minimum absolute atomic E-state index is 0.514. The van der Waals surface area contributed by atoms with Crippen molar-refractivity contribution in [2.24, 2.45) is 0 Å². The molecule has 0 aromatic carbocycles. The molecule has 1 rings (SSSR count). The third-order valence-electron chi connectivity index (χ3n) is 1.29. The van der Waals surface area contributed by atoms with Crippen molar-refractivity contribution >= 4 is 11.8 Å². The Morgan fingerprint density at radius 3 is 3.23 bits per heavy atom. The van der Waals surface area contributed by atoms with Crippen molar-refractivity contribution in [1.29, 1.82) is 0 Å². The van der Waals surface area contributed by atoms with Crippen LogP contribution in [0.5, 0.6) is 0 Å². The fraction of sp³-hybridized carbons (Fsp3) is 0.500. The molecule has 0 aliphatic heterocycles. The predicted octanol–water partition coefficient (Wildman–Crippen LogP) is 0.655. The summed E-state index contributed by atoms with van der Waals surface area (Å²) in [7, 11) is 0. The van der Waals surface area contributed by atoms with Gasteiger partial charge < -0.3 is 4.52 Å². The third kappa shape index (κ3) is 3.49. The lowest BCUT2D eigenvalue weighted by Gasteiger charge is -1.91. The van der Waals surface area contributed by atoms with E-state index in [4.69, 9.17) is 10.9 Å². The lowest BCUT2D eigenvalue weighted by Crippen LogP contribution is -2.13. The quantitative estimate of drug-likeness (QED) is 0.555. The predicted molar refractivity (Wildman–Crippen MR) is 52.1 cm³/mol. The maximum Gasteiger partial charge on any atom is 0.240 e. The summed E-state index contributed by atoms with van der Waals surface area (Å²) in [5, 5.41) is 6.75. The fourth-order valence-corrected chi connectivity index (χ4v) is 1.17. The molecule has 1 heterocycles. The normalized spacial score (nSPS) is 9.85. The van der Waals surface area contributed by atoms with Crippen LogP contribution in [0.1, 0.15) is 11.7 Å². The summed E-state index contributed by atoms with van der Waals surface area (Å²) in [4.78, 5) is 4.14. The summed E-state index contributed by atoms with van der Waals surface area (Å²) >= 11 is 1.66. The number of nitrogens with one attached hydrogen (secondary N) is 1. The van der Waals surface area contributed by atoms with Crippen molar-refractivity contribution in [3.63, 3.8) is 0 Å². The molecule has 5 heteroatoms. The Morgan fingerprint density at radius 2 is 2.54 bits per heavy atom. The highest BCUT2D eigenvalue weighted by Crippen LogP contribution is 2.04. The van der Waals surface area contributed by atoms with Crippen LogP contribution in [0.25, 0.3) is 0 Å². The molecule has 1 N–H and O–H groups in total. The van der Waals surface area contributed by atoms with Gasteiger partial charge in [0.15, 0.2) is 5.82 Å². The molecule has 0 fully saturated rings. The minimum Gasteiger partial charge on any atom is -0.338 e. The van der Waals surface area contributed by atoms with Crippen molar-refractivity contribution in [1.82, 2.24) is 15.5 Å². The Labute approximate surface area is 81.5 Å².